The highest BCUT2D eigenvalue weighted by atomic mass is 32.2. The van der Waals surface area contributed by atoms with Gasteiger partial charge in [0.1, 0.15) is 22.5 Å². The third-order valence-corrected chi connectivity index (χ3v) is 6.91. The van der Waals surface area contributed by atoms with E-state index >= 15 is 0 Å². The van der Waals surface area contributed by atoms with Crippen molar-refractivity contribution in [3.8, 4) is 22.6 Å². The number of ether oxygens (including phenoxy) is 2. The normalized spacial score (nSPS) is 11.0. The Morgan fingerprint density at radius 1 is 0.943 bits per heavy atom. The van der Waals surface area contributed by atoms with Gasteiger partial charge in [-0.15, -0.1) is 0 Å². The molecule has 6 nitrogen and oxygen atoms in total. The van der Waals surface area contributed by atoms with Gasteiger partial charge in [0.2, 0.25) is 0 Å². The van der Waals surface area contributed by atoms with Gasteiger partial charge >= 0.3 is 0 Å². The summed E-state index contributed by atoms with van der Waals surface area (Å²) >= 11 is 1.53. The highest BCUT2D eigenvalue weighted by molar-refractivity contribution is 7.98. The minimum absolute atomic E-state index is 0.115. The maximum atomic E-state index is 13.7. The lowest BCUT2D eigenvalue weighted by Gasteiger charge is -2.15. The minimum atomic E-state index is -0.115. The lowest BCUT2D eigenvalue weighted by molar-refractivity contribution is 0.407. The van der Waals surface area contributed by atoms with E-state index in [0.717, 1.165) is 33.8 Å². The van der Waals surface area contributed by atoms with Crippen LogP contribution in [0, 0.1) is 0 Å². The van der Waals surface area contributed by atoms with Crippen molar-refractivity contribution in [2.45, 2.75) is 17.5 Å². The Hall–Kier alpha value is -3.97. The van der Waals surface area contributed by atoms with E-state index in [1.807, 2.05) is 85.1 Å². The molecule has 5 aromatic rings. The highest BCUT2D eigenvalue weighted by Gasteiger charge is 2.18. The first-order chi connectivity index (χ1) is 17.2. The van der Waals surface area contributed by atoms with Crippen LogP contribution in [0.1, 0.15) is 11.1 Å². The van der Waals surface area contributed by atoms with Crippen LogP contribution in [0.4, 0.5) is 0 Å². The third kappa shape index (κ3) is 4.68. The monoisotopic (exact) mass is 483 g/mol. The summed E-state index contributed by atoms with van der Waals surface area (Å²) in [4.78, 5) is 21.9. The third-order valence-electron chi connectivity index (χ3n) is 5.86. The van der Waals surface area contributed by atoms with Crippen molar-refractivity contribution in [3.63, 3.8) is 0 Å². The maximum absolute atomic E-state index is 13.7. The van der Waals surface area contributed by atoms with Gasteiger partial charge in [-0.2, -0.15) is 0 Å². The van der Waals surface area contributed by atoms with E-state index in [1.54, 1.807) is 18.8 Å². The lowest BCUT2D eigenvalue weighted by atomic mass is 10.1. The molecular weight excluding hydrogens is 458 g/mol. The second-order valence-corrected chi connectivity index (χ2v) is 8.97. The summed E-state index contributed by atoms with van der Waals surface area (Å²) in [7, 11) is 3.29. The van der Waals surface area contributed by atoms with Gasteiger partial charge in [-0.25, -0.2) is 4.98 Å². The lowest BCUT2D eigenvalue weighted by Crippen LogP contribution is -2.24. The van der Waals surface area contributed by atoms with Crippen molar-refractivity contribution >= 4 is 22.8 Å². The SMILES string of the molecule is COc1cccc(CSc2nc3c(-c4ccccc4)c[nH]c3c(=O)n2Cc2ccccc2OC)c1. The van der Waals surface area contributed by atoms with Crippen molar-refractivity contribution in [2.75, 3.05) is 14.2 Å². The second-order valence-electron chi connectivity index (χ2n) is 8.03. The van der Waals surface area contributed by atoms with Gasteiger partial charge in [0.15, 0.2) is 5.16 Å². The number of hydrogen-bond acceptors (Lipinski definition) is 5. The van der Waals surface area contributed by atoms with Crippen LogP contribution in [0.15, 0.2) is 95.0 Å². The second kappa shape index (κ2) is 10.1. The average molecular weight is 484 g/mol. The summed E-state index contributed by atoms with van der Waals surface area (Å²) in [6.45, 7) is 0.353. The maximum Gasteiger partial charge on any atom is 0.278 e. The van der Waals surface area contributed by atoms with Crippen LogP contribution in [0.2, 0.25) is 0 Å². The molecule has 0 spiro atoms. The molecule has 3 aromatic carbocycles. The number of nitrogens with one attached hydrogen (secondary N) is 1. The number of rotatable bonds is 8. The Morgan fingerprint density at radius 3 is 2.54 bits per heavy atom. The van der Waals surface area contributed by atoms with Crippen LogP contribution in [0.5, 0.6) is 11.5 Å². The van der Waals surface area contributed by atoms with Crippen LogP contribution in [0.3, 0.4) is 0 Å². The van der Waals surface area contributed by atoms with Gasteiger partial charge in [0.25, 0.3) is 5.56 Å². The quantitative estimate of drug-likeness (QED) is 0.225. The van der Waals surface area contributed by atoms with Crippen molar-refractivity contribution < 1.29 is 9.47 Å². The molecule has 0 fully saturated rings. The van der Waals surface area contributed by atoms with Gasteiger partial charge in [-0.3, -0.25) is 9.36 Å². The van der Waals surface area contributed by atoms with E-state index in [-0.39, 0.29) is 5.56 Å². The summed E-state index contributed by atoms with van der Waals surface area (Å²) in [5, 5.41) is 0.646. The number of methoxy groups -OCH3 is 2. The number of hydrogen-bond donors (Lipinski definition) is 1. The van der Waals surface area contributed by atoms with E-state index in [2.05, 4.69) is 4.98 Å². The van der Waals surface area contributed by atoms with Gasteiger partial charge < -0.3 is 14.5 Å². The molecule has 1 N–H and O–H groups in total. The Morgan fingerprint density at radius 2 is 1.74 bits per heavy atom. The number of fused-ring (bicyclic) bond motifs is 1. The van der Waals surface area contributed by atoms with E-state index in [4.69, 9.17) is 14.5 Å². The number of nitrogens with zero attached hydrogens (tertiary/aromatic N) is 2. The number of aromatic amines is 1. The Labute approximate surface area is 207 Å². The van der Waals surface area contributed by atoms with Crippen LogP contribution in [-0.2, 0) is 12.3 Å². The summed E-state index contributed by atoms with van der Waals surface area (Å²) in [6.07, 6.45) is 1.86. The summed E-state index contributed by atoms with van der Waals surface area (Å²) in [6, 6.07) is 25.6. The van der Waals surface area contributed by atoms with Crippen LogP contribution in [-0.4, -0.2) is 28.8 Å². The molecule has 0 aliphatic carbocycles. The molecule has 0 saturated heterocycles. The molecule has 0 radical (unpaired) electrons. The standard InChI is InChI=1S/C28H25N3O3S/c1-33-22-13-8-9-19(15-22)18-35-28-30-25-23(20-10-4-3-5-11-20)16-29-26(25)27(32)31(28)17-21-12-6-7-14-24(21)34-2/h3-16,29H,17-18H2,1-2H3. The number of benzene rings is 3. The van der Waals surface area contributed by atoms with Gasteiger partial charge in [0, 0.05) is 23.1 Å². The molecule has 2 heterocycles. The summed E-state index contributed by atoms with van der Waals surface area (Å²) < 4.78 is 12.6. The van der Waals surface area contributed by atoms with Gasteiger partial charge in [-0.05, 0) is 29.3 Å². The number of para-hydroxylation sites is 1. The fraction of sp³-hybridized carbons (Fsp3) is 0.143. The van der Waals surface area contributed by atoms with Crippen LogP contribution in [0.25, 0.3) is 22.2 Å². The molecule has 7 heteroatoms. The molecule has 0 aliphatic heterocycles. The molecule has 2 aromatic heterocycles. The average Bonchev–Trinajstić information content (AvgIpc) is 3.34. The van der Waals surface area contributed by atoms with E-state index < -0.39 is 0 Å². The fourth-order valence-corrected chi connectivity index (χ4v) is 5.01. The fourth-order valence-electron chi connectivity index (χ4n) is 4.07. The topological polar surface area (TPSA) is 69.1 Å². The zero-order chi connectivity index (χ0) is 24.2. The molecular formula is C28H25N3O3S. The van der Waals surface area contributed by atoms with E-state index in [1.165, 1.54) is 11.8 Å². The van der Waals surface area contributed by atoms with Crippen molar-refractivity contribution in [2.24, 2.45) is 0 Å². The number of H-pyrrole nitrogens is 1. The summed E-state index contributed by atoms with van der Waals surface area (Å²) in [5.74, 6) is 2.18. The Balaban J connectivity index is 1.61. The molecule has 35 heavy (non-hydrogen) atoms. The first-order valence-electron chi connectivity index (χ1n) is 11.2. The highest BCUT2D eigenvalue weighted by Crippen LogP contribution is 2.30. The predicted octanol–water partition coefficient (Wildman–Crippen LogP) is 5.75. The molecule has 5 rings (SSSR count). The molecule has 176 valence electrons. The summed E-state index contributed by atoms with van der Waals surface area (Å²) in [5.41, 5.74) is 4.97. The first kappa shape index (κ1) is 22.8. The predicted molar refractivity (Wildman–Crippen MR) is 140 cm³/mol. The van der Waals surface area contributed by atoms with Gasteiger partial charge in [-0.1, -0.05) is 72.4 Å². The van der Waals surface area contributed by atoms with E-state index in [0.29, 0.717) is 28.5 Å². The minimum Gasteiger partial charge on any atom is -0.497 e. The first-order valence-corrected chi connectivity index (χ1v) is 12.2. The van der Waals surface area contributed by atoms with Gasteiger partial charge in [0.05, 0.1) is 20.8 Å². The van der Waals surface area contributed by atoms with Crippen molar-refractivity contribution in [3.05, 3.63) is 107 Å². The Kier molecular flexibility index (Phi) is 6.59. The largest absolute Gasteiger partial charge is 0.497 e. The molecule has 0 aliphatic rings. The smallest absolute Gasteiger partial charge is 0.278 e. The van der Waals surface area contributed by atoms with E-state index in [9.17, 15) is 4.79 Å². The number of aromatic nitrogens is 3. The van der Waals surface area contributed by atoms with Crippen molar-refractivity contribution in [1.29, 1.82) is 0 Å². The molecule has 0 saturated carbocycles. The molecule has 0 amide bonds. The number of thioether (sulfide) groups is 1. The van der Waals surface area contributed by atoms with Crippen LogP contribution >= 0.6 is 11.8 Å². The zero-order valence-electron chi connectivity index (χ0n) is 19.5. The van der Waals surface area contributed by atoms with Crippen LogP contribution < -0.4 is 15.0 Å². The van der Waals surface area contributed by atoms with Crippen molar-refractivity contribution in [1.82, 2.24) is 14.5 Å². The Bertz CT molecular complexity index is 1530. The molecule has 0 atom stereocenters. The molecule has 0 unspecified atom stereocenters. The zero-order valence-corrected chi connectivity index (χ0v) is 20.3. The molecule has 0 bridgehead atoms.